The van der Waals surface area contributed by atoms with Gasteiger partial charge in [-0.15, -0.1) is 0 Å². The Morgan fingerprint density at radius 3 is 2.86 bits per heavy atom. The van der Waals surface area contributed by atoms with E-state index in [1.807, 2.05) is 26.0 Å². The summed E-state index contributed by atoms with van der Waals surface area (Å²) < 4.78 is 10.5. The van der Waals surface area contributed by atoms with E-state index in [2.05, 4.69) is 10.5 Å². The summed E-state index contributed by atoms with van der Waals surface area (Å²) in [4.78, 5) is 27.5. The molecular formula is C21H25N3O4. The van der Waals surface area contributed by atoms with Crippen LogP contribution < -0.4 is 10.1 Å². The van der Waals surface area contributed by atoms with E-state index in [4.69, 9.17) is 9.26 Å². The zero-order valence-electron chi connectivity index (χ0n) is 16.4. The molecule has 1 spiro atoms. The van der Waals surface area contributed by atoms with Crippen molar-refractivity contribution in [3.63, 3.8) is 0 Å². The first-order valence-electron chi connectivity index (χ1n) is 9.66. The van der Waals surface area contributed by atoms with Gasteiger partial charge in [-0.05, 0) is 37.0 Å². The second-order valence-corrected chi connectivity index (χ2v) is 8.00. The predicted molar refractivity (Wildman–Crippen MR) is 103 cm³/mol. The molecule has 4 rings (SSSR count). The number of methoxy groups -OCH3 is 1. The van der Waals surface area contributed by atoms with E-state index in [1.165, 1.54) is 0 Å². The zero-order chi connectivity index (χ0) is 19.9. The molecule has 0 bridgehead atoms. The molecule has 1 fully saturated rings. The van der Waals surface area contributed by atoms with Crippen molar-refractivity contribution in [3.05, 3.63) is 46.8 Å². The van der Waals surface area contributed by atoms with Gasteiger partial charge in [-0.1, -0.05) is 25.1 Å². The molecule has 3 heterocycles. The molecule has 1 atom stereocenters. The fraction of sp³-hybridized carbons (Fsp3) is 0.476. The molecule has 2 aliphatic heterocycles. The summed E-state index contributed by atoms with van der Waals surface area (Å²) in [5, 5.41) is 7.12. The monoisotopic (exact) mass is 383 g/mol. The van der Waals surface area contributed by atoms with Gasteiger partial charge in [0.2, 0.25) is 0 Å². The number of ether oxygens (including phenoxy) is 1. The molecule has 0 aliphatic carbocycles. The molecular weight excluding hydrogens is 358 g/mol. The Hall–Kier alpha value is -2.83. The molecule has 1 saturated heterocycles. The van der Waals surface area contributed by atoms with Gasteiger partial charge in [0.1, 0.15) is 11.5 Å². The highest BCUT2D eigenvalue weighted by Crippen LogP contribution is 2.32. The Balaban J connectivity index is 1.51. The lowest BCUT2D eigenvalue weighted by atomic mass is 9.91. The fourth-order valence-corrected chi connectivity index (χ4v) is 4.03. The van der Waals surface area contributed by atoms with E-state index in [1.54, 1.807) is 24.1 Å². The number of likely N-dealkylation sites (tertiary alicyclic amines) is 1. The molecule has 7 heteroatoms. The van der Waals surface area contributed by atoms with Gasteiger partial charge in [-0.2, -0.15) is 0 Å². The molecule has 0 unspecified atom stereocenters. The van der Waals surface area contributed by atoms with Crippen molar-refractivity contribution in [3.8, 4) is 5.75 Å². The lowest BCUT2D eigenvalue weighted by molar-refractivity contribution is 0.0755. The third-order valence-corrected chi connectivity index (χ3v) is 5.77. The first kappa shape index (κ1) is 18.5. The summed E-state index contributed by atoms with van der Waals surface area (Å²) >= 11 is 0. The minimum absolute atomic E-state index is 0.107. The Morgan fingerprint density at radius 1 is 1.32 bits per heavy atom. The van der Waals surface area contributed by atoms with Gasteiger partial charge >= 0.3 is 0 Å². The molecule has 1 aromatic heterocycles. The van der Waals surface area contributed by atoms with E-state index in [0.717, 1.165) is 24.8 Å². The van der Waals surface area contributed by atoms with E-state index >= 15 is 0 Å². The summed E-state index contributed by atoms with van der Waals surface area (Å²) in [6.45, 7) is 5.05. The van der Waals surface area contributed by atoms with Crippen LogP contribution in [0.3, 0.4) is 0 Å². The molecule has 2 aromatic rings. The van der Waals surface area contributed by atoms with Crippen molar-refractivity contribution in [1.29, 1.82) is 0 Å². The SMILES string of the molecule is COc1ccc2c(c1)C(=O)N[C@@]1(CC2)CCN(C(=O)c2cc(C(C)C)on2)C1. The predicted octanol–water partition coefficient (Wildman–Crippen LogP) is 2.77. The van der Waals surface area contributed by atoms with Crippen LogP contribution in [0.15, 0.2) is 28.8 Å². The van der Waals surface area contributed by atoms with Crippen molar-refractivity contribution < 1.29 is 18.8 Å². The Labute approximate surface area is 164 Å². The largest absolute Gasteiger partial charge is 0.497 e. The summed E-state index contributed by atoms with van der Waals surface area (Å²) in [6.07, 6.45) is 2.30. The summed E-state index contributed by atoms with van der Waals surface area (Å²) in [5.41, 5.74) is 1.58. The molecule has 2 amide bonds. The molecule has 1 aromatic carbocycles. The van der Waals surface area contributed by atoms with Gasteiger partial charge in [-0.25, -0.2) is 0 Å². The van der Waals surface area contributed by atoms with Crippen molar-refractivity contribution in [2.45, 2.75) is 44.6 Å². The first-order chi connectivity index (χ1) is 13.4. The normalized spacial score (nSPS) is 21.6. The number of nitrogens with one attached hydrogen (secondary N) is 1. The number of benzene rings is 1. The number of aryl methyl sites for hydroxylation is 1. The number of hydrogen-bond donors (Lipinski definition) is 1. The lowest BCUT2D eigenvalue weighted by Crippen LogP contribution is -2.50. The molecule has 28 heavy (non-hydrogen) atoms. The van der Waals surface area contributed by atoms with Gasteiger partial charge in [0.15, 0.2) is 5.69 Å². The highest BCUT2D eigenvalue weighted by atomic mass is 16.5. The zero-order valence-corrected chi connectivity index (χ0v) is 16.4. The number of amides is 2. The van der Waals surface area contributed by atoms with Crippen LogP contribution in [0.5, 0.6) is 5.75 Å². The van der Waals surface area contributed by atoms with Gasteiger partial charge in [-0.3, -0.25) is 9.59 Å². The summed E-state index contributed by atoms with van der Waals surface area (Å²) in [7, 11) is 1.59. The quantitative estimate of drug-likeness (QED) is 0.881. The first-order valence-corrected chi connectivity index (χ1v) is 9.66. The van der Waals surface area contributed by atoms with E-state index in [9.17, 15) is 9.59 Å². The van der Waals surface area contributed by atoms with Gasteiger partial charge in [0, 0.05) is 30.6 Å². The number of rotatable bonds is 3. The summed E-state index contributed by atoms with van der Waals surface area (Å²) in [6, 6.07) is 7.33. The molecule has 148 valence electrons. The number of fused-ring (bicyclic) bond motifs is 1. The van der Waals surface area contributed by atoms with Gasteiger partial charge in [0.25, 0.3) is 11.8 Å². The number of carbonyl (C=O) groups is 2. The second kappa shape index (κ2) is 6.96. The molecule has 0 saturated carbocycles. The molecule has 0 radical (unpaired) electrons. The van der Waals surface area contributed by atoms with Crippen LogP contribution in [0.2, 0.25) is 0 Å². The van der Waals surface area contributed by atoms with Gasteiger partial charge in [0.05, 0.1) is 12.6 Å². The maximum absolute atomic E-state index is 12.9. The third kappa shape index (κ3) is 3.25. The second-order valence-electron chi connectivity index (χ2n) is 8.00. The topological polar surface area (TPSA) is 84.7 Å². The Kier molecular flexibility index (Phi) is 4.61. The van der Waals surface area contributed by atoms with Crippen LogP contribution in [0.1, 0.15) is 64.8 Å². The van der Waals surface area contributed by atoms with Crippen LogP contribution in [0.4, 0.5) is 0 Å². The van der Waals surface area contributed by atoms with Crippen LogP contribution >= 0.6 is 0 Å². The average Bonchev–Trinajstić information content (AvgIpc) is 3.31. The number of carbonyl (C=O) groups excluding carboxylic acids is 2. The molecule has 1 N–H and O–H groups in total. The summed E-state index contributed by atoms with van der Waals surface area (Å²) in [5.74, 6) is 1.29. The van der Waals surface area contributed by atoms with Crippen LogP contribution in [0.25, 0.3) is 0 Å². The maximum Gasteiger partial charge on any atom is 0.276 e. The molecule has 7 nitrogen and oxygen atoms in total. The molecule has 2 aliphatic rings. The number of aromatic nitrogens is 1. The van der Waals surface area contributed by atoms with Crippen molar-refractivity contribution in [2.75, 3.05) is 20.2 Å². The lowest BCUT2D eigenvalue weighted by Gasteiger charge is -2.28. The Morgan fingerprint density at radius 2 is 2.14 bits per heavy atom. The van der Waals surface area contributed by atoms with Crippen LogP contribution in [-0.2, 0) is 6.42 Å². The van der Waals surface area contributed by atoms with Crippen LogP contribution in [-0.4, -0.2) is 47.6 Å². The van der Waals surface area contributed by atoms with Crippen molar-refractivity contribution in [2.24, 2.45) is 0 Å². The number of hydrogen-bond acceptors (Lipinski definition) is 5. The van der Waals surface area contributed by atoms with E-state index in [-0.39, 0.29) is 17.7 Å². The van der Waals surface area contributed by atoms with Crippen molar-refractivity contribution >= 4 is 11.8 Å². The standard InChI is InChI=1S/C21H25N3O4/c1-13(2)18-11-17(23-28-18)20(26)24-9-8-21(12-24)7-6-14-4-5-15(27-3)10-16(14)19(25)22-21/h4-5,10-11,13H,6-9,12H2,1-3H3,(H,22,25)/t21-/m0/s1. The number of nitrogens with zero attached hydrogens (tertiary/aromatic N) is 2. The third-order valence-electron chi connectivity index (χ3n) is 5.77. The minimum Gasteiger partial charge on any atom is -0.497 e. The maximum atomic E-state index is 12.9. The fourth-order valence-electron chi connectivity index (χ4n) is 4.03. The van der Waals surface area contributed by atoms with Crippen molar-refractivity contribution in [1.82, 2.24) is 15.4 Å². The van der Waals surface area contributed by atoms with Crippen LogP contribution in [0, 0.1) is 0 Å². The average molecular weight is 383 g/mol. The minimum atomic E-state index is -0.413. The van der Waals surface area contributed by atoms with E-state index in [0.29, 0.717) is 35.9 Å². The highest BCUT2D eigenvalue weighted by molar-refractivity contribution is 5.97. The van der Waals surface area contributed by atoms with E-state index < -0.39 is 5.54 Å². The Bertz CT molecular complexity index is 920. The smallest absolute Gasteiger partial charge is 0.276 e. The van der Waals surface area contributed by atoms with Gasteiger partial charge < -0.3 is 19.5 Å². The highest BCUT2D eigenvalue weighted by Gasteiger charge is 2.43.